The maximum atomic E-state index is 12.8. The van der Waals surface area contributed by atoms with Gasteiger partial charge in [-0.2, -0.15) is 0 Å². The third-order valence-electron chi connectivity index (χ3n) is 4.97. The van der Waals surface area contributed by atoms with Gasteiger partial charge >= 0.3 is 5.69 Å². The van der Waals surface area contributed by atoms with Gasteiger partial charge in [-0.15, -0.1) is 0 Å². The molecule has 0 saturated carbocycles. The molecule has 0 atom stereocenters. The molecule has 0 radical (unpaired) electrons. The highest BCUT2D eigenvalue weighted by Gasteiger charge is 2.18. The van der Waals surface area contributed by atoms with Gasteiger partial charge in [-0.25, -0.2) is 14.8 Å². The molecule has 3 heterocycles. The lowest BCUT2D eigenvalue weighted by molar-refractivity contribution is 0.507. The van der Waals surface area contributed by atoms with Crippen LogP contribution in [0.3, 0.4) is 0 Å². The molecule has 0 fully saturated rings. The molecule has 0 bridgehead atoms. The summed E-state index contributed by atoms with van der Waals surface area (Å²) >= 11 is 6.32. The summed E-state index contributed by atoms with van der Waals surface area (Å²) in [7, 11) is 1.75. The van der Waals surface area contributed by atoms with E-state index in [2.05, 4.69) is 29.5 Å². The zero-order valence-corrected chi connectivity index (χ0v) is 16.4. The van der Waals surface area contributed by atoms with E-state index in [1.807, 2.05) is 18.2 Å². The molecule has 0 aliphatic rings. The Labute approximate surface area is 162 Å². The first kappa shape index (κ1) is 17.8. The summed E-state index contributed by atoms with van der Waals surface area (Å²) in [4.78, 5) is 21.8. The van der Waals surface area contributed by atoms with E-state index >= 15 is 0 Å². The topological polar surface area (TPSA) is 57.6 Å². The van der Waals surface area contributed by atoms with Crippen molar-refractivity contribution in [2.45, 2.75) is 33.4 Å². The predicted octanol–water partition coefficient (Wildman–Crippen LogP) is 3.83. The van der Waals surface area contributed by atoms with Crippen molar-refractivity contribution >= 4 is 33.7 Å². The molecule has 0 aliphatic heterocycles. The lowest BCUT2D eigenvalue weighted by Crippen LogP contribution is -2.24. The van der Waals surface area contributed by atoms with E-state index in [-0.39, 0.29) is 5.69 Å². The van der Waals surface area contributed by atoms with Gasteiger partial charge in [0.2, 0.25) is 0 Å². The van der Waals surface area contributed by atoms with E-state index in [4.69, 9.17) is 16.6 Å². The van der Waals surface area contributed by atoms with E-state index in [0.717, 1.165) is 35.3 Å². The molecule has 4 aromatic rings. The summed E-state index contributed by atoms with van der Waals surface area (Å²) in [6, 6.07) is 9.89. The first-order valence-electron chi connectivity index (χ1n) is 9.11. The third kappa shape index (κ3) is 3.04. The van der Waals surface area contributed by atoms with E-state index in [1.165, 1.54) is 0 Å². The Hall–Kier alpha value is -2.60. The molecule has 0 saturated heterocycles. The van der Waals surface area contributed by atoms with Gasteiger partial charge in [0.15, 0.2) is 5.15 Å². The number of imidazole rings is 2. The van der Waals surface area contributed by atoms with Crippen molar-refractivity contribution in [3.05, 3.63) is 58.0 Å². The minimum Gasteiger partial charge on any atom is -0.326 e. The largest absolute Gasteiger partial charge is 0.329 e. The van der Waals surface area contributed by atoms with Crippen LogP contribution in [0.4, 0.5) is 0 Å². The molecule has 1 aromatic carbocycles. The predicted molar refractivity (Wildman–Crippen MR) is 108 cm³/mol. The van der Waals surface area contributed by atoms with Gasteiger partial charge in [-0.1, -0.05) is 37.6 Å². The molecule has 7 heteroatoms. The normalized spacial score (nSPS) is 11.9. The van der Waals surface area contributed by atoms with Crippen LogP contribution in [-0.4, -0.2) is 23.7 Å². The lowest BCUT2D eigenvalue weighted by Gasteiger charge is -2.11. The van der Waals surface area contributed by atoms with Gasteiger partial charge in [0.25, 0.3) is 0 Å². The summed E-state index contributed by atoms with van der Waals surface area (Å²) in [5.41, 5.74) is 3.32. The second-order valence-electron chi connectivity index (χ2n) is 7.25. The Bertz CT molecular complexity index is 1180. The van der Waals surface area contributed by atoms with Gasteiger partial charge < -0.3 is 4.57 Å². The van der Waals surface area contributed by atoms with Crippen LogP contribution in [0.25, 0.3) is 22.1 Å². The third-order valence-corrected chi connectivity index (χ3v) is 5.25. The molecule has 4 rings (SSSR count). The van der Waals surface area contributed by atoms with Crippen molar-refractivity contribution in [1.82, 2.24) is 23.7 Å². The smallest absolute Gasteiger partial charge is 0.326 e. The molecule has 27 heavy (non-hydrogen) atoms. The average Bonchev–Trinajstić information content (AvgIpc) is 3.11. The molecular formula is C20H22ClN5O. The summed E-state index contributed by atoms with van der Waals surface area (Å²) in [6.45, 7) is 5.63. The fourth-order valence-corrected chi connectivity index (χ4v) is 3.75. The number of para-hydroxylation sites is 2. The Morgan fingerprint density at radius 2 is 1.89 bits per heavy atom. The Kier molecular flexibility index (Phi) is 4.52. The number of aromatic nitrogens is 5. The number of hydrogen-bond donors (Lipinski definition) is 0. The number of fused-ring (bicyclic) bond motifs is 2. The van der Waals surface area contributed by atoms with Crippen molar-refractivity contribution in [2.75, 3.05) is 0 Å². The fraction of sp³-hybridized carbons (Fsp3) is 0.350. The van der Waals surface area contributed by atoms with E-state index in [0.29, 0.717) is 23.1 Å². The first-order valence-corrected chi connectivity index (χ1v) is 9.49. The van der Waals surface area contributed by atoms with Crippen LogP contribution in [0, 0.1) is 5.92 Å². The fourth-order valence-electron chi connectivity index (χ4n) is 3.49. The SMILES string of the molecule is CC(C)CCn1c(Cn2c(=O)n(C)c3ccnc(Cl)c32)nc2ccccc21. The van der Waals surface area contributed by atoms with E-state index in [1.54, 1.807) is 28.4 Å². The minimum atomic E-state index is -0.123. The Morgan fingerprint density at radius 1 is 1.11 bits per heavy atom. The first-order chi connectivity index (χ1) is 13.0. The van der Waals surface area contributed by atoms with Crippen molar-refractivity contribution in [1.29, 1.82) is 0 Å². The number of halogens is 1. The quantitative estimate of drug-likeness (QED) is 0.492. The van der Waals surface area contributed by atoms with E-state index < -0.39 is 0 Å². The van der Waals surface area contributed by atoms with Crippen molar-refractivity contribution in [3.8, 4) is 0 Å². The molecule has 0 N–H and O–H groups in total. The van der Waals surface area contributed by atoms with Crippen LogP contribution in [0.2, 0.25) is 5.15 Å². The van der Waals surface area contributed by atoms with Gasteiger partial charge in [0.1, 0.15) is 11.3 Å². The zero-order valence-electron chi connectivity index (χ0n) is 15.7. The van der Waals surface area contributed by atoms with Crippen LogP contribution < -0.4 is 5.69 Å². The zero-order chi connectivity index (χ0) is 19.1. The van der Waals surface area contributed by atoms with Crippen LogP contribution in [0.1, 0.15) is 26.1 Å². The summed E-state index contributed by atoms with van der Waals surface area (Å²) in [5.74, 6) is 1.43. The maximum Gasteiger partial charge on any atom is 0.329 e. The van der Waals surface area contributed by atoms with Crippen LogP contribution in [0.15, 0.2) is 41.3 Å². The van der Waals surface area contributed by atoms with Crippen LogP contribution >= 0.6 is 11.6 Å². The highest BCUT2D eigenvalue weighted by Crippen LogP contribution is 2.23. The number of nitrogens with zero attached hydrogens (tertiary/aromatic N) is 5. The van der Waals surface area contributed by atoms with Crippen LogP contribution in [0.5, 0.6) is 0 Å². The van der Waals surface area contributed by atoms with Gasteiger partial charge in [-0.05, 0) is 30.5 Å². The van der Waals surface area contributed by atoms with Crippen molar-refractivity contribution in [2.24, 2.45) is 13.0 Å². The van der Waals surface area contributed by atoms with Crippen molar-refractivity contribution < 1.29 is 0 Å². The summed E-state index contributed by atoms with van der Waals surface area (Å²) < 4.78 is 5.48. The monoisotopic (exact) mass is 383 g/mol. The van der Waals surface area contributed by atoms with Crippen LogP contribution in [-0.2, 0) is 20.1 Å². The highest BCUT2D eigenvalue weighted by molar-refractivity contribution is 6.33. The molecular weight excluding hydrogens is 362 g/mol. The average molecular weight is 384 g/mol. The summed E-state index contributed by atoms with van der Waals surface area (Å²) in [6.07, 6.45) is 2.66. The molecule has 0 spiro atoms. The maximum absolute atomic E-state index is 12.8. The standard InChI is InChI=1S/C20H22ClN5O/c1-13(2)9-11-25-15-7-5-4-6-14(15)23-17(25)12-26-18-16(24(3)20(26)27)8-10-22-19(18)21/h4-8,10,13H,9,11-12H2,1-3H3. The molecule has 140 valence electrons. The molecule has 0 amide bonds. The van der Waals surface area contributed by atoms with Gasteiger partial charge in [-0.3, -0.25) is 9.13 Å². The number of pyridine rings is 1. The second kappa shape index (κ2) is 6.85. The molecule has 0 unspecified atom stereocenters. The van der Waals surface area contributed by atoms with Gasteiger partial charge in [0, 0.05) is 19.8 Å². The highest BCUT2D eigenvalue weighted by atomic mass is 35.5. The number of rotatable bonds is 5. The molecule has 3 aromatic heterocycles. The van der Waals surface area contributed by atoms with E-state index in [9.17, 15) is 4.79 Å². The molecule has 6 nitrogen and oxygen atoms in total. The number of benzene rings is 1. The number of hydrogen-bond acceptors (Lipinski definition) is 3. The Balaban J connectivity index is 1.87. The minimum absolute atomic E-state index is 0.123. The van der Waals surface area contributed by atoms with Crippen molar-refractivity contribution in [3.63, 3.8) is 0 Å². The second-order valence-corrected chi connectivity index (χ2v) is 7.61. The lowest BCUT2D eigenvalue weighted by atomic mass is 10.1. The van der Waals surface area contributed by atoms with Gasteiger partial charge in [0.05, 0.1) is 23.1 Å². The summed E-state index contributed by atoms with van der Waals surface area (Å²) in [5, 5.41) is 0.329. The Morgan fingerprint density at radius 3 is 2.67 bits per heavy atom. The number of aryl methyl sites for hydroxylation is 2. The molecule has 0 aliphatic carbocycles.